The molecule has 8 atom stereocenters. The third kappa shape index (κ3) is 3.10. The molecule has 0 radical (unpaired) electrons. The fourth-order valence-electron chi connectivity index (χ4n) is 7.75. The number of ether oxygens (including phenoxy) is 1. The second-order valence-corrected chi connectivity index (χ2v) is 11.3. The van der Waals surface area contributed by atoms with Crippen molar-refractivity contribution in [1.82, 2.24) is 0 Å². The van der Waals surface area contributed by atoms with E-state index < -0.39 is 39.6 Å². The van der Waals surface area contributed by atoms with Crippen LogP contribution in [0, 0.1) is 34.5 Å². The lowest BCUT2D eigenvalue weighted by Crippen LogP contribution is -2.63. The van der Waals surface area contributed by atoms with Gasteiger partial charge in [-0.15, -0.1) is 0 Å². The van der Waals surface area contributed by atoms with Gasteiger partial charge in [0.25, 0.3) is 0 Å². The SMILES string of the molecule is CCC(=O)O[C@]1(C(=O)SCF)[C@@H](C)CC2C3CCC4=CC(=O)C=C[C@]4(C)[C@H]3[C@@H](O)C[C@@]21C. The van der Waals surface area contributed by atoms with E-state index >= 15 is 0 Å². The van der Waals surface area contributed by atoms with Crippen LogP contribution < -0.4 is 0 Å². The van der Waals surface area contributed by atoms with E-state index in [4.69, 9.17) is 4.74 Å². The number of hydrogen-bond donors (Lipinski definition) is 1. The van der Waals surface area contributed by atoms with Gasteiger partial charge in [-0.3, -0.25) is 14.4 Å². The van der Waals surface area contributed by atoms with Crippen LogP contribution in [0.3, 0.4) is 0 Å². The van der Waals surface area contributed by atoms with Crippen LogP contribution in [-0.4, -0.2) is 39.7 Å². The molecule has 176 valence electrons. The summed E-state index contributed by atoms with van der Waals surface area (Å²) in [7, 11) is 0. The quantitative estimate of drug-likeness (QED) is 0.622. The smallest absolute Gasteiger partial charge is 0.306 e. The summed E-state index contributed by atoms with van der Waals surface area (Å²) in [4.78, 5) is 37.9. The molecule has 0 heterocycles. The first-order chi connectivity index (χ1) is 15.0. The van der Waals surface area contributed by atoms with Crippen LogP contribution in [0.4, 0.5) is 4.39 Å². The molecular formula is C25H33FO5S. The van der Waals surface area contributed by atoms with Gasteiger partial charge in [-0.2, -0.15) is 0 Å². The lowest BCUT2D eigenvalue weighted by Gasteiger charge is -2.59. The number of thioether (sulfide) groups is 1. The summed E-state index contributed by atoms with van der Waals surface area (Å²) in [5.41, 5.74) is -1.59. The van der Waals surface area contributed by atoms with Crippen LogP contribution in [0.1, 0.15) is 59.8 Å². The molecule has 0 saturated heterocycles. The predicted molar refractivity (Wildman–Crippen MR) is 120 cm³/mol. The maximum atomic E-state index is 13.4. The van der Waals surface area contributed by atoms with Crippen LogP contribution in [0.2, 0.25) is 0 Å². The molecule has 7 heteroatoms. The first-order valence-corrected chi connectivity index (χ1v) is 12.6. The molecule has 0 aromatic carbocycles. The molecule has 32 heavy (non-hydrogen) atoms. The number of aliphatic hydroxyl groups is 1. The number of aliphatic hydroxyl groups excluding tert-OH is 1. The summed E-state index contributed by atoms with van der Waals surface area (Å²) in [5.74, 6) is -0.698. The van der Waals surface area contributed by atoms with E-state index in [1.165, 1.54) is 0 Å². The highest BCUT2D eigenvalue weighted by Crippen LogP contribution is 2.69. The van der Waals surface area contributed by atoms with Gasteiger partial charge in [-0.1, -0.05) is 39.3 Å². The maximum absolute atomic E-state index is 13.4. The first kappa shape index (κ1) is 23.7. The molecule has 0 amide bonds. The van der Waals surface area contributed by atoms with Crippen molar-refractivity contribution in [2.24, 2.45) is 34.5 Å². The topological polar surface area (TPSA) is 80.7 Å². The van der Waals surface area contributed by atoms with E-state index in [1.54, 1.807) is 19.1 Å². The molecule has 0 aliphatic heterocycles. The van der Waals surface area contributed by atoms with Gasteiger partial charge in [-0.25, -0.2) is 4.39 Å². The first-order valence-electron chi connectivity index (χ1n) is 11.6. The lowest BCUT2D eigenvalue weighted by atomic mass is 9.46. The third-order valence-electron chi connectivity index (χ3n) is 9.09. The Morgan fingerprint density at radius 3 is 2.72 bits per heavy atom. The number of halogens is 1. The van der Waals surface area contributed by atoms with Crippen molar-refractivity contribution in [2.75, 3.05) is 6.01 Å². The van der Waals surface area contributed by atoms with E-state index in [1.807, 2.05) is 19.9 Å². The lowest BCUT2D eigenvalue weighted by molar-refractivity contribution is -0.199. The van der Waals surface area contributed by atoms with Gasteiger partial charge >= 0.3 is 5.97 Å². The average molecular weight is 465 g/mol. The molecule has 0 aromatic heterocycles. The number of hydrogen-bond acceptors (Lipinski definition) is 6. The van der Waals surface area contributed by atoms with Gasteiger partial charge in [0, 0.05) is 29.1 Å². The molecule has 4 rings (SSSR count). The summed E-state index contributed by atoms with van der Waals surface area (Å²) in [6.45, 7) is 7.64. The highest BCUT2D eigenvalue weighted by atomic mass is 32.2. The van der Waals surface area contributed by atoms with E-state index in [-0.39, 0.29) is 35.9 Å². The summed E-state index contributed by atoms with van der Waals surface area (Å²) < 4.78 is 19.3. The summed E-state index contributed by atoms with van der Waals surface area (Å²) in [6, 6.07) is -0.878. The molecule has 2 unspecified atom stereocenters. The zero-order chi connectivity index (χ0) is 23.5. The Balaban J connectivity index is 1.79. The Morgan fingerprint density at radius 2 is 2.06 bits per heavy atom. The highest BCUT2D eigenvalue weighted by Gasteiger charge is 2.73. The number of carbonyl (C=O) groups is 3. The molecule has 5 nitrogen and oxygen atoms in total. The van der Waals surface area contributed by atoms with Crippen molar-refractivity contribution < 1.29 is 28.6 Å². The second kappa shape index (κ2) is 8.08. The van der Waals surface area contributed by atoms with Gasteiger partial charge in [0.05, 0.1) is 6.10 Å². The van der Waals surface area contributed by atoms with Crippen molar-refractivity contribution in [3.05, 3.63) is 23.8 Å². The number of alkyl halides is 1. The number of allylic oxidation sites excluding steroid dienone is 4. The van der Waals surface area contributed by atoms with Crippen LogP contribution in [0.25, 0.3) is 0 Å². The van der Waals surface area contributed by atoms with Gasteiger partial charge in [0.1, 0.15) is 6.01 Å². The van der Waals surface area contributed by atoms with Crippen molar-refractivity contribution >= 4 is 28.6 Å². The van der Waals surface area contributed by atoms with Gasteiger partial charge in [0.2, 0.25) is 5.12 Å². The minimum atomic E-state index is -1.46. The van der Waals surface area contributed by atoms with Crippen LogP contribution in [0.5, 0.6) is 0 Å². The Labute approximate surface area is 193 Å². The molecular weight excluding hydrogens is 431 g/mol. The largest absolute Gasteiger partial charge is 0.449 e. The molecule has 0 aromatic rings. The van der Waals surface area contributed by atoms with E-state index in [0.717, 1.165) is 18.4 Å². The van der Waals surface area contributed by atoms with Crippen molar-refractivity contribution in [3.63, 3.8) is 0 Å². The van der Waals surface area contributed by atoms with Gasteiger partial charge in [0.15, 0.2) is 11.4 Å². The Bertz CT molecular complexity index is 899. The minimum Gasteiger partial charge on any atom is -0.449 e. The van der Waals surface area contributed by atoms with Crippen LogP contribution >= 0.6 is 11.8 Å². The van der Waals surface area contributed by atoms with Gasteiger partial charge in [-0.05, 0) is 61.4 Å². The molecule has 0 bridgehead atoms. The van der Waals surface area contributed by atoms with Crippen LogP contribution in [-0.2, 0) is 19.1 Å². The van der Waals surface area contributed by atoms with Gasteiger partial charge < -0.3 is 9.84 Å². The molecule has 4 aliphatic carbocycles. The second-order valence-electron chi connectivity index (χ2n) is 10.5. The Kier molecular flexibility index (Phi) is 5.98. The number of ketones is 1. The summed E-state index contributed by atoms with van der Waals surface area (Å²) in [6.07, 6.45) is 7.18. The third-order valence-corrected chi connectivity index (χ3v) is 9.76. The number of esters is 1. The van der Waals surface area contributed by atoms with E-state index in [0.29, 0.717) is 24.6 Å². The zero-order valence-electron chi connectivity index (χ0n) is 19.2. The molecule has 0 spiro atoms. The van der Waals surface area contributed by atoms with Crippen molar-refractivity contribution in [2.45, 2.75) is 71.5 Å². The highest BCUT2D eigenvalue weighted by molar-refractivity contribution is 8.13. The average Bonchev–Trinajstić information content (AvgIpc) is 2.95. The molecule has 1 N–H and O–H groups in total. The fraction of sp³-hybridized carbons (Fsp3) is 0.720. The molecule has 3 fully saturated rings. The van der Waals surface area contributed by atoms with E-state index in [2.05, 4.69) is 6.92 Å². The standard InChI is InChI=1S/C25H33FO5S/c1-5-20(29)31-25(22(30)32-13-26)14(2)10-18-17-7-6-15-11-16(27)8-9-23(15,3)21(17)19(28)12-24(18,25)4/h8-9,11,14,17-19,21,28H,5-7,10,12-13H2,1-4H3/t14-,17?,18?,19-,21+,23-,24-,25-/m0/s1. The fourth-order valence-corrected chi connectivity index (χ4v) is 8.54. The van der Waals surface area contributed by atoms with E-state index in [9.17, 15) is 23.9 Å². The van der Waals surface area contributed by atoms with Crippen LogP contribution in [0.15, 0.2) is 23.8 Å². The number of carbonyl (C=O) groups excluding carboxylic acids is 3. The maximum Gasteiger partial charge on any atom is 0.306 e. The van der Waals surface area contributed by atoms with Crippen molar-refractivity contribution in [1.29, 1.82) is 0 Å². The summed E-state index contributed by atoms with van der Waals surface area (Å²) in [5, 5.41) is 11.1. The monoisotopic (exact) mass is 464 g/mol. The summed E-state index contributed by atoms with van der Waals surface area (Å²) >= 11 is 0.564. The number of rotatable bonds is 4. The Hall–Kier alpha value is -1.47. The Morgan fingerprint density at radius 1 is 1.34 bits per heavy atom. The predicted octanol–water partition coefficient (Wildman–Crippen LogP) is 4.39. The normalized spacial score (nSPS) is 44.9. The molecule has 4 aliphatic rings. The minimum absolute atomic E-state index is 0.0140. The molecule has 3 saturated carbocycles. The zero-order valence-corrected chi connectivity index (χ0v) is 20.0. The van der Waals surface area contributed by atoms with Crippen molar-refractivity contribution in [3.8, 4) is 0 Å². The number of fused-ring (bicyclic) bond motifs is 5.